The van der Waals surface area contributed by atoms with E-state index in [0.29, 0.717) is 0 Å². The molecule has 0 aromatic carbocycles. The molecular weight excluding hydrogens is 341 g/mol. The molecule has 1 rings (SSSR count). The van der Waals surface area contributed by atoms with Gasteiger partial charge >= 0.3 is 12.1 Å². The van der Waals surface area contributed by atoms with Gasteiger partial charge in [-0.05, 0) is 21.5 Å². The van der Waals surface area contributed by atoms with Gasteiger partial charge in [-0.3, -0.25) is 9.78 Å². The van der Waals surface area contributed by atoms with E-state index in [9.17, 15) is 26.7 Å². The lowest BCUT2D eigenvalue weighted by atomic mass is 10.1. The summed E-state index contributed by atoms with van der Waals surface area (Å²) in [5.74, 6) is -0.775. The molecule has 0 saturated carbocycles. The number of carbonyl (C=O) groups is 1. The molecule has 9 heteroatoms. The molecule has 0 unspecified atom stereocenters. The Morgan fingerprint density at radius 2 is 2.05 bits per heavy atom. The van der Waals surface area contributed by atoms with E-state index in [1.165, 1.54) is 0 Å². The summed E-state index contributed by atoms with van der Waals surface area (Å²) in [4.78, 5) is 14.0. The van der Waals surface area contributed by atoms with Crippen LogP contribution in [0.15, 0.2) is 10.7 Å². The highest BCUT2D eigenvalue weighted by molar-refractivity contribution is 9.10. The van der Waals surface area contributed by atoms with Crippen molar-refractivity contribution in [3.63, 3.8) is 0 Å². The summed E-state index contributed by atoms with van der Waals surface area (Å²) in [7, 11) is 1.07. The van der Waals surface area contributed by atoms with E-state index in [-0.39, 0.29) is 5.56 Å². The van der Waals surface area contributed by atoms with E-state index in [1.54, 1.807) is 0 Å². The van der Waals surface area contributed by atoms with Gasteiger partial charge in [-0.1, -0.05) is 0 Å². The smallest absolute Gasteiger partial charge is 0.433 e. The highest BCUT2D eigenvalue weighted by Crippen LogP contribution is 2.39. The number of methoxy groups -OCH3 is 1. The van der Waals surface area contributed by atoms with Crippen LogP contribution in [0, 0.1) is 0 Å². The summed E-state index contributed by atoms with van der Waals surface area (Å²) >= 11 is 2.66. The predicted octanol–water partition coefficient (Wildman–Crippen LogP) is 3.52. The molecule has 1 aromatic heterocycles. The van der Waals surface area contributed by atoms with Gasteiger partial charge in [-0.2, -0.15) is 13.2 Å². The summed E-state index contributed by atoms with van der Waals surface area (Å²) in [6.45, 7) is 0. The quantitative estimate of drug-likeness (QED) is 0.620. The number of pyridine rings is 1. The van der Waals surface area contributed by atoms with Gasteiger partial charge in [-0.15, -0.1) is 0 Å². The van der Waals surface area contributed by atoms with Crippen LogP contribution in [0.2, 0.25) is 0 Å². The van der Waals surface area contributed by atoms with Crippen LogP contribution in [0.1, 0.15) is 23.2 Å². The first-order valence-corrected chi connectivity index (χ1v) is 5.57. The number of carbonyl (C=O) groups excluding carboxylic acids is 1. The second-order valence-corrected chi connectivity index (χ2v) is 4.20. The minimum atomic E-state index is -5.00. The normalized spacial score (nSPS) is 11.8. The standard InChI is InChI=1S/C10H7BrF5NO2/c1-19-5(18)2-4-3-17-8(10(14,15)16)6(7(4)11)9(12)13/h3,9H,2H2,1H3. The van der Waals surface area contributed by atoms with Crippen LogP contribution in [0.4, 0.5) is 22.0 Å². The molecule has 0 N–H and O–H groups in total. The lowest BCUT2D eigenvalue weighted by molar-refractivity contribution is -0.143. The van der Waals surface area contributed by atoms with Crippen molar-refractivity contribution in [2.75, 3.05) is 7.11 Å². The summed E-state index contributed by atoms with van der Waals surface area (Å²) in [6.07, 6.45) is -8.12. The fourth-order valence-electron chi connectivity index (χ4n) is 1.32. The first kappa shape index (κ1) is 15.8. The van der Waals surface area contributed by atoms with Gasteiger partial charge in [0.25, 0.3) is 6.43 Å². The third-order valence-corrected chi connectivity index (χ3v) is 3.11. The van der Waals surface area contributed by atoms with Crippen LogP contribution in [-0.4, -0.2) is 18.1 Å². The van der Waals surface area contributed by atoms with Gasteiger partial charge in [0.2, 0.25) is 0 Å². The van der Waals surface area contributed by atoms with Gasteiger partial charge in [-0.25, -0.2) is 8.78 Å². The van der Waals surface area contributed by atoms with Crippen LogP contribution < -0.4 is 0 Å². The van der Waals surface area contributed by atoms with Crippen molar-refractivity contribution in [2.45, 2.75) is 19.0 Å². The number of nitrogens with zero attached hydrogens (tertiary/aromatic N) is 1. The molecule has 0 spiro atoms. The lowest BCUT2D eigenvalue weighted by Crippen LogP contribution is -2.15. The molecule has 0 amide bonds. The average Bonchev–Trinajstić information content (AvgIpc) is 2.29. The van der Waals surface area contributed by atoms with E-state index in [4.69, 9.17) is 0 Å². The van der Waals surface area contributed by atoms with Crippen LogP contribution in [-0.2, 0) is 22.1 Å². The number of alkyl halides is 5. The third-order valence-electron chi connectivity index (χ3n) is 2.17. The average molecular weight is 348 g/mol. The maximum absolute atomic E-state index is 12.7. The molecule has 0 radical (unpaired) electrons. The number of hydrogen-bond acceptors (Lipinski definition) is 3. The SMILES string of the molecule is COC(=O)Cc1cnc(C(F)(F)F)c(C(F)F)c1Br. The van der Waals surface area contributed by atoms with Crippen molar-refractivity contribution in [3.05, 3.63) is 27.5 Å². The molecule has 106 valence electrons. The van der Waals surface area contributed by atoms with Gasteiger partial charge in [0.15, 0.2) is 5.69 Å². The van der Waals surface area contributed by atoms with E-state index >= 15 is 0 Å². The number of halogens is 6. The molecule has 0 fully saturated rings. The second-order valence-electron chi connectivity index (χ2n) is 3.41. The van der Waals surface area contributed by atoms with Crippen molar-refractivity contribution in [1.29, 1.82) is 0 Å². The molecular formula is C10H7BrF5NO2. The Hall–Kier alpha value is -1.25. The van der Waals surface area contributed by atoms with E-state index in [1.807, 2.05) is 0 Å². The molecule has 0 aliphatic rings. The largest absolute Gasteiger partial charge is 0.469 e. The highest BCUT2D eigenvalue weighted by Gasteiger charge is 2.39. The summed E-state index contributed by atoms with van der Waals surface area (Å²) < 4.78 is 66.9. The lowest BCUT2D eigenvalue weighted by Gasteiger charge is -2.15. The van der Waals surface area contributed by atoms with Crippen molar-refractivity contribution >= 4 is 21.9 Å². The zero-order valence-corrected chi connectivity index (χ0v) is 11.0. The minimum Gasteiger partial charge on any atom is -0.469 e. The molecule has 0 saturated heterocycles. The van der Waals surface area contributed by atoms with Crippen LogP contribution >= 0.6 is 15.9 Å². The number of ether oxygens (including phenoxy) is 1. The summed E-state index contributed by atoms with van der Waals surface area (Å²) in [5, 5.41) is 0. The van der Waals surface area contributed by atoms with E-state index < -0.39 is 40.7 Å². The number of aromatic nitrogens is 1. The first-order valence-electron chi connectivity index (χ1n) is 4.78. The van der Waals surface area contributed by atoms with Gasteiger partial charge < -0.3 is 4.74 Å². The first-order chi connectivity index (χ1) is 8.68. The Labute approximate surface area is 112 Å². The Bertz CT molecular complexity index is 490. The molecule has 0 aliphatic heterocycles. The highest BCUT2D eigenvalue weighted by atomic mass is 79.9. The summed E-state index contributed by atoms with van der Waals surface area (Å²) in [6, 6.07) is 0. The Morgan fingerprint density at radius 1 is 1.47 bits per heavy atom. The maximum atomic E-state index is 12.7. The van der Waals surface area contributed by atoms with Gasteiger partial charge in [0.05, 0.1) is 19.1 Å². The van der Waals surface area contributed by atoms with Crippen LogP contribution in [0.5, 0.6) is 0 Å². The van der Waals surface area contributed by atoms with Crippen LogP contribution in [0.3, 0.4) is 0 Å². The third kappa shape index (κ3) is 3.62. The topological polar surface area (TPSA) is 39.2 Å². The van der Waals surface area contributed by atoms with Crippen molar-refractivity contribution < 1.29 is 31.5 Å². The number of rotatable bonds is 3. The predicted molar refractivity (Wildman–Crippen MR) is 57.6 cm³/mol. The molecule has 0 aliphatic carbocycles. The molecule has 3 nitrogen and oxygen atoms in total. The molecule has 0 bridgehead atoms. The van der Waals surface area contributed by atoms with Gasteiger partial charge in [0.1, 0.15) is 0 Å². The number of esters is 1. The maximum Gasteiger partial charge on any atom is 0.433 e. The van der Waals surface area contributed by atoms with E-state index in [0.717, 1.165) is 13.3 Å². The zero-order chi connectivity index (χ0) is 14.8. The van der Waals surface area contributed by atoms with Gasteiger partial charge in [0, 0.05) is 10.7 Å². The van der Waals surface area contributed by atoms with E-state index in [2.05, 4.69) is 25.7 Å². The monoisotopic (exact) mass is 347 g/mol. The second kappa shape index (κ2) is 5.81. The van der Waals surface area contributed by atoms with Crippen molar-refractivity contribution in [2.24, 2.45) is 0 Å². The fraction of sp³-hybridized carbons (Fsp3) is 0.400. The Morgan fingerprint density at radius 3 is 2.47 bits per heavy atom. The molecule has 1 aromatic rings. The van der Waals surface area contributed by atoms with Crippen LogP contribution in [0.25, 0.3) is 0 Å². The fourth-order valence-corrected chi connectivity index (χ4v) is 1.92. The molecule has 1 heterocycles. The number of hydrogen-bond donors (Lipinski definition) is 0. The minimum absolute atomic E-state index is 0.102. The Kier molecular flexibility index (Phi) is 4.83. The Balaban J connectivity index is 3.35. The molecule has 19 heavy (non-hydrogen) atoms. The molecule has 0 atom stereocenters. The van der Waals surface area contributed by atoms with Crippen molar-refractivity contribution in [1.82, 2.24) is 4.98 Å². The zero-order valence-electron chi connectivity index (χ0n) is 9.39. The summed E-state index contributed by atoms with van der Waals surface area (Å²) in [5.41, 5.74) is -3.06. The van der Waals surface area contributed by atoms with Crippen molar-refractivity contribution in [3.8, 4) is 0 Å².